The van der Waals surface area contributed by atoms with Crippen LogP contribution in [-0.2, 0) is 9.59 Å². The largest absolute Gasteiger partial charge is 0.550 e. The topological polar surface area (TPSA) is 84.7 Å². The molecule has 1 N–H and O–H groups in total. The molecule has 6 nitrogen and oxygen atoms in total. The molecule has 0 aliphatic rings. The number of hydrogen-bond donors (Lipinski definition) is 1. The van der Waals surface area contributed by atoms with Crippen molar-refractivity contribution in [2.45, 2.75) is 34.6 Å². The van der Waals surface area contributed by atoms with Crippen LogP contribution in [0.4, 0.5) is 0 Å². The first-order valence-electron chi connectivity index (χ1n) is 6.80. The van der Waals surface area contributed by atoms with Crippen LogP contribution in [0.15, 0.2) is 0 Å². The van der Waals surface area contributed by atoms with E-state index in [0.29, 0.717) is 0 Å². The molecule has 0 aromatic carbocycles. The molecule has 20 heavy (non-hydrogen) atoms. The zero-order valence-corrected chi connectivity index (χ0v) is 14.7. The standard InChI is InChI=1S/C5H14N.C5H13N.2C2H4O2/c1-5-6(2,3)4;1-4-6(3)5-2;2*1-2(3)4/h5H2,1-4H3;4-5H2,1-3H3;2*1H3,(H,3,4)/q+1;;;/p-1. The Bertz CT molecular complexity index is 202. The van der Waals surface area contributed by atoms with Crippen molar-refractivity contribution in [3.8, 4) is 0 Å². The first kappa shape index (κ1) is 27.2. The van der Waals surface area contributed by atoms with E-state index in [-0.39, 0.29) is 0 Å². The highest BCUT2D eigenvalue weighted by molar-refractivity contribution is 5.60. The molecule has 0 atom stereocenters. The number of rotatable bonds is 3. The molecular weight excluding hydrogens is 260 g/mol. The Morgan fingerprint density at radius 3 is 1.05 bits per heavy atom. The van der Waals surface area contributed by atoms with Crippen molar-refractivity contribution in [2.24, 2.45) is 0 Å². The third-order valence-corrected chi connectivity index (χ3v) is 2.16. The Morgan fingerprint density at radius 2 is 1.05 bits per heavy atom. The van der Waals surface area contributed by atoms with Gasteiger partial charge in [0, 0.05) is 11.9 Å². The van der Waals surface area contributed by atoms with Crippen LogP contribution >= 0.6 is 0 Å². The van der Waals surface area contributed by atoms with Crippen LogP contribution in [0.3, 0.4) is 0 Å². The number of aliphatic carboxylic acids is 2. The SMILES string of the molecule is CC(=O)[O-].CC(=O)[O-].CC[N+](C)(C)C.CC[NH+](C)CC. The molecule has 0 unspecified atom stereocenters. The highest BCUT2D eigenvalue weighted by Crippen LogP contribution is 1.83. The summed E-state index contributed by atoms with van der Waals surface area (Å²) in [4.78, 5) is 19.4. The summed E-state index contributed by atoms with van der Waals surface area (Å²) in [5.74, 6) is -2.17. The lowest BCUT2D eigenvalue weighted by Crippen LogP contribution is -3.08. The molecule has 0 aromatic heterocycles. The van der Waals surface area contributed by atoms with Crippen LogP contribution in [-0.4, -0.2) is 64.2 Å². The van der Waals surface area contributed by atoms with Gasteiger partial charge in [0.2, 0.25) is 0 Å². The number of carboxylic acids is 2. The lowest BCUT2D eigenvalue weighted by molar-refractivity contribution is -0.875. The zero-order valence-electron chi connectivity index (χ0n) is 14.7. The van der Waals surface area contributed by atoms with Crippen molar-refractivity contribution < 1.29 is 29.2 Å². The van der Waals surface area contributed by atoms with E-state index < -0.39 is 11.9 Å². The molecule has 0 spiro atoms. The molecule has 0 saturated heterocycles. The molecular formula is C14H34N2O4. The minimum atomic E-state index is -1.08. The minimum Gasteiger partial charge on any atom is -0.550 e. The van der Waals surface area contributed by atoms with Gasteiger partial charge < -0.3 is 29.2 Å². The van der Waals surface area contributed by atoms with E-state index in [4.69, 9.17) is 19.8 Å². The summed E-state index contributed by atoms with van der Waals surface area (Å²) in [6.45, 7) is 12.2. The van der Waals surface area contributed by atoms with Gasteiger partial charge in [-0.1, -0.05) is 0 Å². The quantitative estimate of drug-likeness (QED) is 0.597. The van der Waals surface area contributed by atoms with Gasteiger partial charge in [0.1, 0.15) is 0 Å². The number of carbonyl (C=O) groups excluding carboxylic acids is 2. The van der Waals surface area contributed by atoms with Crippen molar-refractivity contribution in [3.63, 3.8) is 0 Å². The van der Waals surface area contributed by atoms with Gasteiger partial charge in [0.25, 0.3) is 0 Å². The van der Waals surface area contributed by atoms with Gasteiger partial charge >= 0.3 is 0 Å². The third-order valence-electron chi connectivity index (χ3n) is 2.16. The number of carboxylic acid groups (broad SMARTS) is 2. The summed E-state index contributed by atoms with van der Waals surface area (Å²) in [5, 5.41) is 17.8. The second-order valence-corrected chi connectivity index (χ2v) is 5.25. The molecule has 6 heteroatoms. The van der Waals surface area contributed by atoms with E-state index in [1.807, 2.05) is 0 Å². The first-order valence-corrected chi connectivity index (χ1v) is 6.80. The summed E-state index contributed by atoms with van der Waals surface area (Å²) >= 11 is 0. The molecule has 0 heterocycles. The smallest absolute Gasteiger partial charge is 0.0751 e. The second-order valence-electron chi connectivity index (χ2n) is 5.25. The summed E-state index contributed by atoms with van der Waals surface area (Å²) in [5.41, 5.74) is 0. The minimum absolute atomic E-state index is 0.972. The average Bonchev–Trinajstić information content (AvgIpc) is 2.26. The number of hydrogen-bond acceptors (Lipinski definition) is 4. The molecule has 0 aliphatic carbocycles. The fourth-order valence-corrected chi connectivity index (χ4v) is 0.250. The molecule has 0 rings (SSSR count). The van der Waals surface area contributed by atoms with Crippen LogP contribution in [0.1, 0.15) is 34.6 Å². The van der Waals surface area contributed by atoms with Gasteiger partial charge in [0.05, 0.1) is 47.8 Å². The van der Waals surface area contributed by atoms with Gasteiger partial charge in [-0.05, 0) is 34.6 Å². The molecule has 0 amide bonds. The van der Waals surface area contributed by atoms with Gasteiger partial charge in [0.15, 0.2) is 0 Å². The molecule has 0 aromatic rings. The van der Waals surface area contributed by atoms with Crippen molar-refractivity contribution in [1.82, 2.24) is 0 Å². The summed E-state index contributed by atoms with van der Waals surface area (Å²) < 4.78 is 1.07. The van der Waals surface area contributed by atoms with Crippen molar-refractivity contribution in [3.05, 3.63) is 0 Å². The van der Waals surface area contributed by atoms with Crippen LogP contribution in [0.5, 0.6) is 0 Å². The zero-order chi connectivity index (χ0) is 17.4. The fraction of sp³-hybridized carbons (Fsp3) is 0.857. The number of nitrogens with zero attached hydrogens (tertiary/aromatic N) is 1. The summed E-state index contributed by atoms with van der Waals surface area (Å²) in [7, 11) is 8.74. The average molecular weight is 294 g/mol. The maximum Gasteiger partial charge on any atom is 0.0751 e. The first-order chi connectivity index (χ1) is 8.83. The third kappa shape index (κ3) is 124. The number of nitrogens with one attached hydrogen (secondary N) is 1. The fourth-order valence-electron chi connectivity index (χ4n) is 0.250. The summed E-state index contributed by atoms with van der Waals surface area (Å²) in [6.07, 6.45) is 0. The van der Waals surface area contributed by atoms with Gasteiger partial charge in [-0.3, -0.25) is 0 Å². The van der Waals surface area contributed by atoms with Crippen LogP contribution in [0, 0.1) is 0 Å². The second kappa shape index (κ2) is 17.9. The maximum absolute atomic E-state index is 8.89. The van der Waals surface area contributed by atoms with E-state index in [0.717, 1.165) is 18.3 Å². The predicted molar refractivity (Wildman–Crippen MR) is 77.9 cm³/mol. The van der Waals surface area contributed by atoms with Crippen molar-refractivity contribution >= 4 is 11.9 Å². The maximum atomic E-state index is 8.89. The normalized spacial score (nSPS) is 9.10. The van der Waals surface area contributed by atoms with Crippen molar-refractivity contribution in [1.29, 1.82) is 0 Å². The Morgan fingerprint density at radius 1 is 0.900 bits per heavy atom. The molecule has 0 saturated carbocycles. The van der Waals surface area contributed by atoms with E-state index in [1.54, 1.807) is 4.90 Å². The van der Waals surface area contributed by atoms with Crippen LogP contribution in [0.2, 0.25) is 0 Å². The molecule has 124 valence electrons. The van der Waals surface area contributed by atoms with E-state index in [1.165, 1.54) is 19.6 Å². The van der Waals surface area contributed by atoms with Crippen molar-refractivity contribution in [2.75, 3.05) is 47.8 Å². The van der Waals surface area contributed by atoms with E-state index >= 15 is 0 Å². The van der Waals surface area contributed by atoms with Crippen LogP contribution in [0.25, 0.3) is 0 Å². The van der Waals surface area contributed by atoms with Crippen LogP contribution < -0.4 is 15.1 Å². The lowest BCUT2D eigenvalue weighted by Gasteiger charge is -2.20. The monoisotopic (exact) mass is 294 g/mol. The predicted octanol–water partition coefficient (Wildman–Crippen LogP) is -2.23. The molecule has 0 aliphatic heterocycles. The molecule has 0 bridgehead atoms. The van der Waals surface area contributed by atoms with E-state index in [9.17, 15) is 0 Å². The Hall–Kier alpha value is -1.14. The van der Waals surface area contributed by atoms with E-state index in [2.05, 4.69) is 49.0 Å². The summed E-state index contributed by atoms with van der Waals surface area (Å²) in [6, 6.07) is 0. The molecule has 0 radical (unpaired) electrons. The number of carbonyl (C=O) groups is 2. The Balaban J connectivity index is -0.0000000871. The van der Waals surface area contributed by atoms with Gasteiger partial charge in [-0.15, -0.1) is 0 Å². The highest BCUT2D eigenvalue weighted by atomic mass is 16.4. The number of quaternary nitrogens is 2. The Labute approximate surface area is 124 Å². The Kier molecular flexibility index (Phi) is 24.3. The van der Waals surface area contributed by atoms with Gasteiger partial charge in [-0.2, -0.15) is 0 Å². The highest BCUT2D eigenvalue weighted by Gasteiger charge is 1.97. The molecule has 0 fully saturated rings. The lowest BCUT2D eigenvalue weighted by atomic mass is 10.6. The van der Waals surface area contributed by atoms with Gasteiger partial charge in [-0.25, -0.2) is 0 Å².